The summed E-state index contributed by atoms with van der Waals surface area (Å²) in [6.45, 7) is 0. The summed E-state index contributed by atoms with van der Waals surface area (Å²) in [5, 5.41) is 16.8. The molecule has 0 aliphatic rings. The zero-order valence-electron chi connectivity index (χ0n) is 9.24. The van der Waals surface area contributed by atoms with E-state index < -0.39 is 41.1 Å². The number of carboxylic acids is 2. The van der Waals surface area contributed by atoms with Crippen molar-refractivity contribution >= 4 is 11.9 Å². The molecule has 20 heavy (non-hydrogen) atoms. The van der Waals surface area contributed by atoms with Gasteiger partial charge in [0.2, 0.25) is 0 Å². The van der Waals surface area contributed by atoms with Gasteiger partial charge in [0.15, 0.2) is 0 Å². The Hall–Kier alpha value is -2.39. The predicted octanol–water partition coefficient (Wildman–Crippen LogP) is 2.46. The maximum atomic E-state index is 12.8. The van der Waals surface area contributed by atoms with Crippen LogP contribution in [0.5, 0.6) is 5.75 Å². The van der Waals surface area contributed by atoms with E-state index in [1.165, 1.54) is 0 Å². The highest BCUT2D eigenvalue weighted by molar-refractivity contribution is 5.91. The molecule has 0 atom stereocenters. The second kappa shape index (κ2) is 4.94. The highest BCUT2D eigenvalue weighted by Gasteiger charge is 2.44. The van der Waals surface area contributed by atoms with Crippen molar-refractivity contribution in [1.82, 2.24) is 0 Å². The van der Waals surface area contributed by atoms with Crippen molar-refractivity contribution in [3.63, 3.8) is 0 Å². The standard InChI is InChI=1S/C10H5F5O5/c11-9(12,13)4-1-2-5(7(16)17)6(3-4)20-10(14,15)8(18)19/h1-3H,(H,16,17)(H,18,19). The third-order valence-corrected chi connectivity index (χ3v) is 2.03. The molecule has 1 aromatic rings. The van der Waals surface area contributed by atoms with Crippen LogP contribution in [0, 0.1) is 0 Å². The van der Waals surface area contributed by atoms with Gasteiger partial charge in [-0.15, -0.1) is 0 Å². The lowest BCUT2D eigenvalue weighted by Crippen LogP contribution is -2.35. The highest BCUT2D eigenvalue weighted by atomic mass is 19.4. The van der Waals surface area contributed by atoms with E-state index in [1.807, 2.05) is 0 Å². The van der Waals surface area contributed by atoms with Crippen molar-refractivity contribution in [1.29, 1.82) is 0 Å². The SMILES string of the molecule is O=C(O)c1ccc(C(F)(F)F)cc1OC(F)(F)C(=O)O. The van der Waals surface area contributed by atoms with Gasteiger partial charge in [0.05, 0.1) is 5.56 Å². The fourth-order valence-corrected chi connectivity index (χ4v) is 1.14. The Balaban J connectivity index is 3.34. The van der Waals surface area contributed by atoms with Crippen LogP contribution in [0.2, 0.25) is 0 Å². The van der Waals surface area contributed by atoms with E-state index in [0.717, 1.165) is 0 Å². The molecule has 0 bridgehead atoms. The molecule has 10 heteroatoms. The lowest BCUT2D eigenvalue weighted by molar-refractivity contribution is -0.211. The first-order valence-electron chi connectivity index (χ1n) is 4.70. The Labute approximate surface area is 107 Å². The fourth-order valence-electron chi connectivity index (χ4n) is 1.14. The van der Waals surface area contributed by atoms with Gasteiger partial charge in [-0.25, -0.2) is 9.59 Å². The van der Waals surface area contributed by atoms with Crippen molar-refractivity contribution in [3.05, 3.63) is 29.3 Å². The van der Waals surface area contributed by atoms with Crippen LogP contribution in [0.3, 0.4) is 0 Å². The predicted molar refractivity (Wildman–Crippen MR) is 51.6 cm³/mol. The average molecular weight is 300 g/mol. The van der Waals surface area contributed by atoms with Crippen LogP contribution >= 0.6 is 0 Å². The van der Waals surface area contributed by atoms with Gasteiger partial charge >= 0.3 is 24.2 Å². The Bertz CT molecular complexity index is 551. The lowest BCUT2D eigenvalue weighted by Gasteiger charge is -2.16. The zero-order chi connectivity index (χ0) is 15.7. The summed E-state index contributed by atoms with van der Waals surface area (Å²) in [4.78, 5) is 20.8. The van der Waals surface area contributed by atoms with E-state index in [2.05, 4.69) is 4.74 Å². The summed E-state index contributed by atoms with van der Waals surface area (Å²) in [6, 6.07) is 0.716. The normalized spacial score (nSPS) is 12.1. The third-order valence-electron chi connectivity index (χ3n) is 2.03. The molecule has 0 saturated carbocycles. The van der Waals surface area contributed by atoms with Crippen LogP contribution in [0.4, 0.5) is 22.0 Å². The maximum absolute atomic E-state index is 12.8. The molecule has 0 aromatic heterocycles. The molecule has 1 aromatic carbocycles. The summed E-state index contributed by atoms with van der Waals surface area (Å²) in [7, 11) is 0. The smallest absolute Gasteiger partial charge is 0.478 e. The van der Waals surface area contributed by atoms with E-state index in [-0.39, 0.29) is 6.07 Å². The van der Waals surface area contributed by atoms with Crippen molar-refractivity contribution in [2.45, 2.75) is 12.3 Å². The average Bonchev–Trinajstić information content (AvgIpc) is 2.26. The Kier molecular flexibility index (Phi) is 3.87. The first-order chi connectivity index (χ1) is 8.95. The highest BCUT2D eigenvalue weighted by Crippen LogP contribution is 2.34. The third kappa shape index (κ3) is 3.33. The molecule has 0 amide bonds. The number of benzene rings is 1. The number of aromatic carboxylic acids is 1. The molecular weight excluding hydrogens is 295 g/mol. The lowest BCUT2D eigenvalue weighted by atomic mass is 10.1. The number of hydrogen-bond donors (Lipinski definition) is 2. The van der Waals surface area contributed by atoms with Crippen molar-refractivity contribution in [2.24, 2.45) is 0 Å². The number of rotatable bonds is 4. The number of carbonyl (C=O) groups is 2. The molecule has 0 heterocycles. The fraction of sp³-hybridized carbons (Fsp3) is 0.200. The van der Waals surface area contributed by atoms with Gasteiger partial charge in [-0.2, -0.15) is 22.0 Å². The molecule has 2 N–H and O–H groups in total. The number of aliphatic carboxylic acids is 1. The van der Waals surface area contributed by atoms with Gasteiger partial charge in [0.1, 0.15) is 11.3 Å². The van der Waals surface area contributed by atoms with Gasteiger partial charge in [-0.1, -0.05) is 0 Å². The molecular formula is C10H5F5O5. The van der Waals surface area contributed by atoms with Gasteiger partial charge in [0.25, 0.3) is 0 Å². The summed E-state index contributed by atoms with van der Waals surface area (Å²) < 4.78 is 66.3. The Morgan fingerprint density at radius 1 is 1.05 bits per heavy atom. The Morgan fingerprint density at radius 3 is 2.00 bits per heavy atom. The van der Waals surface area contributed by atoms with E-state index in [0.29, 0.717) is 12.1 Å². The van der Waals surface area contributed by atoms with Gasteiger partial charge in [0, 0.05) is 0 Å². The molecule has 110 valence electrons. The quantitative estimate of drug-likeness (QED) is 0.834. The van der Waals surface area contributed by atoms with E-state index in [4.69, 9.17) is 10.2 Å². The monoisotopic (exact) mass is 300 g/mol. The molecule has 0 saturated heterocycles. The number of hydrogen-bond acceptors (Lipinski definition) is 3. The molecule has 5 nitrogen and oxygen atoms in total. The number of ether oxygens (including phenoxy) is 1. The topological polar surface area (TPSA) is 83.8 Å². The van der Waals surface area contributed by atoms with Crippen molar-refractivity contribution in [3.8, 4) is 5.75 Å². The zero-order valence-corrected chi connectivity index (χ0v) is 9.24. The molecule has 1 rings (SSSR count). The number of halogens is 5. The van der Waals surface area contributed by atoms with Crippen LogP contribution in [0.1, 0.15) is 15.9 Å². The van der Waals surface area contributed by atoms with Crippen LogP contribution in [0.15, 0.2) is 18.2 Å². The van der Waals surface area contributed by atoms with Crippen LogP contribution in [0.25, 0.3) is 0 Å². The largest absolute Gasteiger partial charge is 0.501 e. The first kappa shape index (κ1) is 15.7. The van der Waals surface area contributed by atoms with Crippen molar-refractivity contribution in [2.75, 3.05) is 0 Å². The summed E-state index contributed by atoms with van der Waals surface area (Å²) >= 11 is 0. The molecule has 0 unspecified atom stereocenters. The molecule has 0 aliphatic heterocycles. The van der Waals surface area contributed by atoms with Gasteiger partial charge < -0.3 is 14.9 Å². The minimum atomic E-state index is -4.94. The second-order valence-electron chi connectivity index (χ2n) is 3.44. The minimum Gasteiger partial charge on any atom is -0.478 e. The number of alkyl halides is 5. The minimum absolute atomic E-state index is 0.0136. The van der Waals surface area contributed by atoms with E-state index >= 15 is 0 Å². The molecule has 0 radical (unpaired) electrons. The van der Waals surface area contributed by atoms with Crippen molar-refractivity contribution < 1.29 is 46.5 Å². The first-order valence-corrected chi connectivity index (χ1v) is 4.70. The Morgan fingerprint density at radius 2 is 1.60 bits per heavy atom. The maximum Gasteiger partial charge on any atom is 0.501 e. The molecule has 0 spiro atoms. The second-order valence-corrected chi connectivity index (χ2v) is 3.44. The van der Waals surface area contributed by atoms with Crippen LogP contribution in [-0.4, -0.2) is 28.3 Å². The molecule has 0 aliphatic carbocycles. The number of carboxylic acid groups (broad SMARTS) is 2. The summed E-state index contributed by atoms with van der Waals surface area (Å²) in [5.41, 5.74) is -2.49. The summed E-state index contributed by atoms with van der Waals surface area (Å²) in [5.74, 6) is -6.03. The van der Waals surface area contributed by atoms with Crippen LogP contribution in [-0.2, 0) is 11.0 Å². The van der Waals surface area contributed by atoms with E-state index in [9.17, 15) is 31.5 Å². The summed E-state index contributed by atoms with van der Waals surface area (Å²) in [6.07, 6.45) is -9.80. The van der Waals surface area contributed by atoms with Crippen LogP contribution < -0.4 is 4.74 Å². The van der Waals surface area contributed by atoms with Gasteiger partial charge in [-0.05, 0) is 18.2 Å². The molecule has 0 fully saturated rings. The van der Waals surface area contributed by atoms with Gasteiger partial charge in [-0.3, -0.25) is 0 Å². The van der Waals surface area contributed by atoms with E-state index in [1.54, 1.807) is 0 Å².